The molecule has 1 aromatic heterocycles. The first-order chi connectivity index (χ1) is 13.2. The molecular formula is C21H19N3O2S. The van der Waals surface area contributed by atoms with Crippen LogP contribution in [0.25, 0.3) is 10.1 Å². The molecule has 4 rings (SSSR count). The van der Waals surface area contributed by atoms with E-state index in [1.807, 2.05) is 49.4 Å². The van der Waals surface area contributed by atoms with Gasteiger partial charge in [-0.25, -0.2) is 0 Å². The second-order valence-electron chi connectivity index (χ2n) is 6.36. The van der Waals surface area contributed by atoms with Crippen LogP contribution >= 0.6 is 11.3 Å². The zero-order chi connectivity index (χ0) is 18.8. The maximum Gasteiger partial charge on any atom is 0.263 e. The summed E-state index contributed by atoms with van der Waals surface area (Å²) in [5, 5.41) is 13.0. The Labute approximate surface area is 161 Å². The Kier molecular flexibility index (Phi) is 4.69. The molecule has 136 valence electrons. The smallest absolute Gasteiger partial charge is 0.263 e. The molecule has 0 aliphatic carbocycles. The molecular weight excluding hydrogens is 358 g/mol. The van der Waals surface area contributed by atoms with Crippen LogP contribution in [0.5, 0.6) is 5.75 Å². The molecule has 1 aliphatic rings. The number of thiophene rings is 1. The molecule has 2 aromatic carbocycles. The molecule has 0 atom stereocenters. The van der Waals surface area contributed by atoms with Gasteiger partial charge in [-0.05, 0) is 42.8 Å². The topological polar surface area (TPSA) is 65.4 Å². The fourth-order valence-electron chi connectivity index (χ4n) is 3.35. The van der Waals surface area contributed by atoms with E-state index in [9.17, 15) is 4.79 Å². The van der Waals surface area contributed by atoms with Crippen LogP contribution in [0, 0.1) is 11.3 Å². The zero-order valence-corrected chi connectivity index (χ0v) is 15.8. The van der Waals surface area contributed by atoms with E-state index < -0.39 is 0 Å². The molecule has 1 aliphatic heterocycles. The third-order valence-electron chi connectivity index (χ3n) is 4.59. The highest BCUT2D eigenvalue weighted by Crippen LogP contribution is 2.41. The minimum Gasteiger partial charge on any atom is -0.494 e. The summed E-state index contributed by atoms with van der Waals surface area (Å²) >= 11 is 1.52. The lowest BCUT2D eigenvalue weighted by molar-refractivity contribution is 0.0962. The van der Waals surface area contributed by atoms with Gasteiger partial charge in [0.15, 0.2) is 0 Å². The van der Waals surface area contributed by atoms with Crippen LogP contribution in [-0.2, 0) is 6.54 Å². The van der Waals surface area contributed by atoms with Crippen molar-refractivity contribution in [3.05, 3.63) is 58.5 Å². The first-order valence-electron chi connectivity index (χ1n) is 8.91. The number of anilines is 1. The van der Waals surface area contributed by atoms with Crippen molar-refractivity contribution < 1.29 is 9.53 Å². The van der Waals surface area contributed by atoms with E-state index in [0.717, 1.165) is 38.5 Å². The van der Waals surface area contributed by atoms with Crippen molar-refractivity contribution in [3.63, 3.8) is 0 Å². The van der Waals surface area contributed by atoms with Gasteiger partial charge in [-0.3, -0.25) is 4.79 Å². The van der Waals surface area contributed by atoms with E-state index in [-0.39, 0.29) is 5.91 Å². The fraction of sp³-hybridized carbons (Fsp3) is 0.238. The normalized spacial score (nSPS) is 13.6. The van der Waals surface area contributed by atoms with E-state index in [4.69, 9.17) is 10.00 Å². The second kappa shape index (κ2) is 7.29. The van der Waals surface area contributed by atoms with E-state index in [1.54, 1.807) is 0 Å². The van der Waals surface area contributed by atoms with Gasteiger partial charge in [0.25, 0.3) is 5.91 Å². The molecule has 3 aromatic rings. The van der Waals surface area contributed by atoms with Crippen LogP contribution < -0.4 is 15.0 Å². The van der Waals surface area contributed by atoms with Gasteiger partial charge in [-0.1, -0.05) is 12.1 Å². The van der Waals surface area contributed by atoms with Gasteiger partial charge in [-0.2, -0.15) is 5.26 Å². The summed E-state index contributed by atoms with van der Waals surface area (Å²) in [6.07, 6.45) is 0. The summed E-state index contributed by atoms with van der Waals surface area (Å²) in [5.41, 5.74) is 2.72. The number of fused-ring (bicyclic) bond motifs is 3. The number of ether oxygens (including phenoxy) is 1. The molecule has 0 fully saturated rings. The molecule has 1 amide bonds. The predicted octanol–water partition coefficient (Wildman–Crippen LogP) is 3.92. The first kappa shape index (κ1) is 17.4. The van der Waals surface area contributed by atoms with Crippen molar-refractivity contribution in [1.82, 2.24) is 5.32 Å². The number of nitrogens with zero attached hydrogens (tertiary/aromatic N) is 2. The third-order valence-corrected chi connectivity index (χ3v) is 5.75. The molecule has 0 spiro atoms. The van der Waals surface area contributed by atoms with Crippen LogP contribution in [0.1, 0.15) is 27.7 Å². The summed E-state index contributed by atoms with van der Waals surface area (Å²) in [4.78, 5) is 15.6. The zero-order valence-electron chi connectivity index (χ0n) is 15.0. The number of rotatable bonds is 4. The van der Waals surface area contributed by atoms with E-state index >= 15 is 0 Å². The van der Waals surface area contributed by atoms with Crippen LogP contribution in [0.2, 0.25) is 0 Å². The second-order valence-corrected chi connectivity index (χ2v) is 7.41. The monoisotopic (exact) mass is 377 g/mol. The lowest BCUT2D eigenvalue weighted by atomic mass is 10.1. The fourth-order valence-corrected chi connectivity index (χ4v) is 4.47. The number of amides is 1. The molecule has 0 unspecified atom stereocenters. The van der Waals surface area contributed by atoms with Crippen LogP contribution in [-0.4, -0.2) is 25.6 Å². The van der Waals surface area contributed by atoms with Gasteiger partial charge in [0, 0.05) is 29.7 Å². The number of benzene rings is 2. The molecule has 0 saturated carbocycles. The number of carbonyl (C=O) groups is 1. The minimum absolute atomic E-state index is 0.0218. The number of nitriles is 1. The van der Waals surface area contributed by atoms with E-state index in [2.05, 4.69) is 16.3 Å². The van der Waals surface area contributed by atoms with Gasteiger partial charge < -0.3 is 15.0 Å². The summed E-state index contributed by atoms with van der Waals surface area (Å²) in [7, 11) is 0. The highest BCUT2D eigenvalue weighted by Gasteiger charge is 2.26. The lowest BCUT2D eigenvalue weighted by Crippen LogP contribution is -2.29. The average Bonchev–Trinajstić information content (AvgIpc) is 2.99. The van der Waals surface area contributed by atoms with Crippen molar-refractivity contribution >= 4 is 33.0 Å². The summed E-state index contributed by atoms with van der Waals surface area (Å²) in [6, 6.07) is 15.7. The van der Waals surface area contributed by atoms with E-state index in [0.29, 0.717) is 25.3 Å². The Morgan fingerprint density at radius 1 is 1.26 bits per heavy atom. The summed E-state index contributed by atoms with van der Waals surface area (Å²) in [5.74, 6) is 0.792. The van der Waals surface area contributed by atoms with Crippen molar-refractivity contribution in [3.8, 4) is 11.8 Å². The number of nitrogens with one attached hydrogen (secondary N) is 1. The van der Waals surface area contributed by atoms with Crippen LogP contribution in [0.15, 0.2) is 42.5 Å². The molecule has 5 nitrogen and oxygen atoms in total. The highest BCUT2D eigenvalue weighted by atomic mass is 32.1. The Bertz CT molecular complexity index is 1030. The molecule has 27 heavy (non-hydrogen) atoms. The van der Waals surface area contributed by atoms with E-state index in [1.165, 1.54) is 11.3 Å². The highest BCUT2D eigenvalue weighted by molar-refractivity contribution is 7.21. The molecule has 0 radical (unpaired) electrons. The number of hydrogen-bond donors (Lipinski definition) is 1. The largest absolute Gasteiger partial charge is 0.494 e. The van der Waals surface area contributed by atoms with Crippen molar-refractivity contribution in [2.75, 3.05) is 24.6 Å². The third kappa shape index (κ3) is 3.34. The van der Waals surface area contributed by atoms with Gasteiger partial charge in [0.2, 0.25) is 0 Å². The standard InChI is InChI=1S/C21H19N3O2S/c1-2-26-16-7-8-18-17(11-16)19-20(27-18)21(25)23-9-10-24(19)13-15-5-3-14(12-22)4-6-15/h3-8,11H,2,9-10,13H2,1H3,(H,23,25). The Morgan fingerprint density at radius 2 is 2.07 bits per heavy atom. The molecule has 0 bridgehead atoms. The Hall–Kier alpha value is -3.04. The molecule has 6 heteroatoms. The molecule has 0 saturated heterocycles. The molecule has 2 heterocycles. The summed E-state index contributed by atoms with van der Waals surface area (Å²) in [6.45, 7) is 4.57. The maximum atomic E-state index is 12.6. The SMILES string of the molecule is CCOc1ccc2sc3c(c2c1)N(Cc1ccc(C#N)cc1)CCNC3=O. The van der Waals surface area contributed by atoms with Crippen molar-refractivity contribution in [2.45, 2.75) is 13.5 Å². The quantitative estimate of drug-likeness (QED) is 0.748. The average molecular weight is 377 g/mol. The summed E-state index contributed by atoms with van der Waals surface area (Å²) < 4.78 is 6.74. The van der Waals surface area contributed by atoms with Crippen molar-refractivity contribution in [1.29, 1.82) is 5.26 Å². The number of hydrogen-bond acceptors (Lipinski definition) is 5. The van der Waals surface area contributed by atoms with Gasteiger partial charge >= 0.3 is 0 Å². The predicted molar refractivity (Wildman–Crippen MR) is 108 cm³/mol. The van der Waals surface area contributed by atoms with Gasteiger partial charge in [0.1, 0.15) is 10.6 Å². The van der Waals surface area contributed by atoms with Crippen molar-refractivity contribution in [2.24, 2.45) is 0 Å². The van der Waals surface area contributed by atoms with Gasteiger partial charge in [0.05, 0.1) is 23.9 Å². The number of carbonyl (C=O) groups excluding carboxylic acids is 1. The first-order valence-corrected chi connectivity index (χ1v) is 9.72. The Morgan fingerprint density at radius 3 is 2.81 bits per heavy atom. The Balaban J connectivity index is 1.78. The minimum atomic E-state index is -0.0218. The van der Waals surface area contributed by atoms with Crippen LogP contribution in [0.3, 0.4) is 0 Å². The van der Waals surface area contributed by atoms with Gasteiger partial charge in [-0.15, -0.1) is 11.3 Å². The van der Waals surface area contributed by atoms with Crippen LogP contribution in [0.4, 0.5) is 5.69 Å². The maximum absolute atomic E-state index is 12.6. The lowest BCUT2D eigenvalue weighted by Gasteiger charge is -2.23. The molecule has 1 N–H and O–H groups in total.